The van der Waals surface area contributed by atoms with Gasteiger partial charge in [-0.2, -0.15) is 14.1 Å². The predicted octanol–water partition coefficient (Wildman–Crippen LogP) is -1.52. The molecule has 0 radical (unpaired) electrons. The van der Waals surface area contributed by atoms with Crippen LogP contribution in [-0.2, 0) is 0 Å². The first kappa shape index (κ1) is 19.6. The van der Waals surface area contributed by atoms with E-state index < -0.39 is 0 Å². The summed E-state index contributed by atoms with van der Waals surface area (Å²) < 4.78 is 0. The Balaban J connectivity index is 0.00000180. The fraction of sp³-hybridized carbons (Fsp3) is 0.250. The summed E-state index contributed by atoms with van der Waals surface area (Å²) in [5, 5.41) is 9.02. The van der Waals surface area contributed by atoms with Crippen molar-refractivity contribution in [3.63, 3.8) is 0 Å². The van der Waals surface area contributed by atoms with Gasteiger partial charge >= 0.3 is 37.7 Å². The van der Waals surface area contributed by atoms with E-state index in [0.717, 1.165) is 0 Å². The van der Waals surface area contributed by atoms with E-state index >= 15 is 0 Å². The molecule has 0 saturated carbocycles. The van der Waals surface area contributed by atoms with E-state index in [0.29, 0.717) is 0 Å². The molecule has 94 valence electrons. The topological polar surface area (TPSA) is 28.2 Å². The molecule has 0 aliphatic rings. The van der Waals surface area contributed by atoms with Crippen molar-refractivity contribution in [3.8, 4) is 0 Å². The van der Waals surface area contributed by atoms with Crippen LogP contribution in [0, 0.1) is 0 Å². The maximum atomic E-state index is 4.51. The molecule has 2 aromatic rings. The van der Waals surface area contributed by atoms with Crippen molar-refractivity contribution in [1.29, 1.82) is 0 Å². The second-order valence-electron chi connectivity index (χ2n) is 4.23. The van der Waals surface area contributed by atoms with Crippen LogP contribution in [0.2, 0.25) is 0 Å². The predicted molar refractivity (Wildman–Crippen MR) is 76.9 cm³/mol. The van der Waals surface area contributed by atoms with E-state index in [2.05, 4.69) is 34.9 Å². The molecule has 0 heterocycles. The molecule has 0 saturated heterocycles. The zero-order chi connectivity index (χ0) is 12.8. The van der Waals surface area contributed by atoms with Crippen LogP contribution in [0.25, 0.3) is 10.6 Å². The molecule has 0 N–H and O–H groups in total. The minimum Gasteiger partial charge on any atom is -0.659 e. The Labute approximate surface area is 146 Å². The summed E-state index contributed by atoms with van der Waals surface area (Å²) in [5.41, 5.74) is 2.42. The van der Waals surface area contributed by atoms with Crippen LogP contribution in [0.5, 0.6) is 0 Å². The fourth-order valence-corrected chi connectivity index (χ4v) is 2.25. The molecule has 0 unspecified atom stereocenters. The van der Waals surface area contributed by atoms with Crippen LogP contribution in [0.3, 0.4) is 0 Å². The van der Waals surface area contributed by atoms with Crippen molar-refractivity contribution in [2.45, 2.75) is 12.1 Å². The second-order valence-corrected chi connectivity index (χ2v) is 4.23. The number of likely N-dealkylation sites (N-methyl/N-ethyl adjacent to an activating group) is 2. The Morgan fingerprint density at radius 1 is 0.600 bits per heavy atom. The van der Waals surface area contributed by atoms with Gasteiger partial charge in [0.2, 0.25) is 0 Å². The number of hydrogen-bond donors (Lipinski definition) is 0. The van der Waals surface area contributed by atoms with E-state index in [4.69, 9.17) is 0 Å². The third kappa shape index (κ3) is 4.83. The Bertz CT molecular complexity index is 417. The van der Waals surface area contributed by atoms with E-state index in [1.807, 2.05) is 50.5 Å². The van der Waals surface area contributed by atoms with Gasteiger partial charge in [0.25, 0.3) is 0 Å². The molecule has 4 heteroatoms. The van der Waals surface area contributed by atoms with Gasteiger partial charge in [-0.25, -0.2) is 0 Å². The zero-order valence-electron chi connectivity index (χ0n) is 12.8. The molecular formula is C16H18Li2N2. The minimum absolute atomic E-state index is 0. The molecule has 2 aromatic carbocycles. The van der Waals surface area contributed by atoms with Gasteiger partial charge in [-0.3, -0.25) is 0 Å². The van der Waals surface area contributed by atoms with Gasteiger partial charge in [0.05, 0.1) is 0 Å². The van der Waals surface area contributed by atoms with Gasteiger partial charge in [0.15, 0.2) is 0 Å². The van der Waals surface area contributed by atoms with Gasteiger partial charge in [-0.05, 0) is 0 Å². The number of benzene rings is 2. The molecule has 2 rings (SSSR count). The quantitative estimate of drug-likeness (QED) is 0.579. The Hall–Kier alpha value is -0.445. The first-order valence-corrected chi connectivity index (χ1v) is 6.14. The first-order valence-electron chi connectivity index (χ1n) is 6.14. The van der Waals surface area contributed by atoms with Crippen LogP contribution in [0.4, 0.5) is 0 Å². The first-order chi connectivity index (χ1) is 8.86. The maximum absolute atomic E-state index is 4.51. The number of rotatable bonds is 5. The van der Waals surface area contributed by atoms with Crippen molar-refractivity contribution in [2.24, 2.45) is 0 Å². The normalized spacial score (nSPS) is 12.7. The van der Waals surface area contributed by atoms with Crippen LogP contribution in [0.1, 0.15) is 23.2 Å². The molecule has 2 nitrogen and oxygen atoms in total. The van der Waals surface area contributed by atoms with Gasteiger partial charge < -0.3 is 10.6 Å². The summed E-state index contributed by atoms with van der Waals surface area (Å²) in [6.45, 7) is 0. The third-order valence-corrected chi connectivity index (χ3v) is 3.14. The molecule has 0 aliphatic heterocycles. The number of hydrogen-bond acceptors (Lipinski definition) is 0. The summed E-state index contributed by atoms with van der Waals surface area (Å²) >= 11 is 0. The smallest absolute Gasteiger partial charge is 0.659 e. The average molecular weight is 252 g/mol. The van der Waals surface area contributed by atoms with Crippen molar-refractivity contribution >= 4 is 0 Å². The molecule has 0 bridgehead atoms. The van der Waals surface area contributed by atoms with Gasteiger partial charge in [-0.1, -0.05) is 71.8 Å². The maximum Gasteiger partial charge on any atom is 1.00 e. The van der Waals surface area contributed by atoms with Crippen molar-refractivity contribution in [3.05, 3.63) is 82.4 Å². The molecule has 0 aromatic heterocycles. The summed E-state index contributed by atoms with van der Waals surface area (Å²) in [5.74, 6) is 0. The van der Waals surface area contributed by atoms with Crippen molar-refractivity contribution in [1.82, 2.24) is 0 Å². The van der Waals surface area contributed by atoms with Crippen LogP contribution < -0.4 is 37.7 Å². The van der Waals surface area contributed by atoms with E-state index in [9.17, 15) is 0 Å². The SMILES string of the molecule is C[N-][C@H](c1ccccc1)[C@H]([N-]C)c1ccccc1.[Li+].[Li+]. The van der Waals surface area contributed by atoms with Crippen LogP contribution in [0.15, 0.2) is 60.7 Å². The molecule has 20 heavy (non-hydrogen) atoms. The second kappa shape index (κ2) is 10.3. The summed E-state index contributed by atoms with van der Waals surface area (Å²) in [6, 6.07) is 20.8. The molecule has 0 fully saturated rings. The minimum atomic E-state index is 0. The third-order valence-electron chi connectivity index (χ3n) is 3.14. The standard InChI is InChI=1S/C16H18N2.2Li/c1-17-15(13-9-5-3-6-10-13)16(18-2)14-11-7-4-8-12-14;;/h3-12,15-16H,1-2H3;;/q-2;2*+1/t15-,16-;;/m1../s1. The van der Waals surface area contributed by atoms with Crippen molar-refractivity contribution in [2.75, 3.05) is 14.1 Å². The molecule has 2 atom stereocenters. The number of nitrogens with zero attached hydrogens (tertiary/aromatic N) is 2. The zero-order valence-corrected chi connectivity index (χ0v) is 12.8. The summed E-state index contributed by atoms with van der Waals surface area (Å²) in [7, 11) is 3.72. The molecule has 0 amide bonds. The molecular weight excluding hydrogens is 234 g/mol. The monoisotopic (exact) mass is 252 g/mol. The fourth-order valence-electron chi connectivity index (χ4n) is 2.25. The Kier molecular flexibility index (Phi) is 10.1. The van der Waals surface area contributed by atoms with E-state index in [-0.39, 0.29) is 49.8 Å². The molecule has 0 aliphatic carbocycles. The van der Waals surface area contributed by atoms with Crippen LogP contribution in [-0.4, -0.2) is 14.1 Å². The summed E-state index contributed by atoms with van der Waals surface area (Å²) in [4.78, 5) is 0. The van der Waals surface area contributed by atoms with Gasteiger partial charge in [0, 0.05) is 0 Å². The van der Waals surface area contributed by atoms with Crippen LogP contribution >= 0.6 is 0 Å². The van der Waals surface area contributed by atoms with E-state index in [1.165, 1.54) is 11.1 Å². The molecule has 0 spiro atoms. The van der Waals surface area contributed by atoms with Gasteiger partial charge in [0.1, 0.15) is 0 Å². The average Bonchev–Trinajstić information content (AvgIpc) is 2.46. The van der Waals surface area contributed by atoms with E-state index in [1.54, 1.807) is 0 Å². The Morgan fingerprint density at radius 3 is 1.15 bits per heavy atom. The van der Waals surface area contributed by atoms with Gasteiger partial charge in [-0.15, -0.1) is 12.1 Å². The largest absolute Gasteiger partial charge is 1.00 e. The Morgan fingerprint density at radius 2 is 0.900 bits per heavy atom. The van der Waals surface area contributed by atoms with Crippen molar-refractivity contribution < 1.29 is 37.7 Å². The summed E-state index contributed by atoms with van der Waals surface area (Å²) in [6.07, 6.45) is 0.